The highest BCUT2D eigenvalue weighted by Crippen LogP contribution is 2.27. The van der Waals surface area contributed by atoms with Gasteiger partial charge in [-0.05, 0) is 24.1 Å². The van der Waals surface area contributed by atoms with E-state index in [0.717, 1.165) is 63.1 Å². The lowest BCUT2D eigenvalue weighted by Gasteiger charge is -2.26. The molecule has 4 rings (SSSR count). The van der Waals surface area contributed by atoms with Crippen LogP contribution >= 0.6 is 24.0 Å². The van der Waals surface area contributed by atoms with Crippen LogP contribution in [0.3, 0.4) is 0 Å². The third-order valence-corrected chi connectivity index (χ3v) is 5.53. The van der Waals surface area contributed by atoms with Gasteiger partial charge in [0.15, 0.2) is 5.96 Å². The van der Waals surface area contributed by atoms with Crippen LogP contribution in [0.2, 0.25) is 0 Å². The number of halogens is 1. The Morgan fingerprint density at radius 3 is 2.67 bits per heavy atom. The van der Waals surface area contributed by atoms with E-state index in [4.69, 9.17) is 9.47 Å². The van der Waals surface area contributed by atoms with Crippen LogP contribution in [0.15, 0.2) is 53.5 Å². The Kier molecular flexibility index (Phi) is 8.77. The zero-order valence-electron chi connectivity index (χ0n) is 17.5. The number of fused-ring (bicyclic) bond motifs is 1. The normalized spacial score (nSPS) is 16.7. The molecular weight excluding hydrogens is 491 g/mol. The lowest BCUT2D eigenvalue weighted by atomic mass is 10.2. The van der Waals surface area contributed by atoms with Crippen LogP contribution in [0.1, 0.15) is 11.1 Å². The van der Waals surface area contributed by atoms with Crippen LogP contribution in [0.5, 0.6) is 5.75 Å². The predicted octanol–water partition coefficient (Wildman–Crippen LogP) is 3.15. The van der Waals surface area contributed by atoms with E-state index < -0.39 is 0 Å². The first-order chi connectivity index (χ1) is 14.3. The van der Waals surface area contributed by atoms with Crippen LogP contribution in [0.25, 0.3) is 0 Å². The second-order valence-electron chi connectivity index (χ2n) is 7.34. The number of rotatable bonds is 6. The van der Waals surface area contributed by atoms with Crippen molar-refractivity contribution in [2.45, 2.75) is 13.0 Å². The van der Waals surface area contributed by atoms with Crippen LogP contribution < -0.4 is 15.0 Å². The van der Waals surface area contributed by atoms with E-state index in [2.05, 4.69) is 56.5 Å². The highest BCUT2D eigenvalue weighted by Gasteiger charge is 2.22. The molecule has 0 atom stereocenters. The Labute approximate surface area is 196 Å². The van der Waals surface area contributed by atoms with Gasteiger partial charge in [0.05, 0.1) is 13.2 Å². The average Bonchev–Trinajstić information content (AvgIpc) is 3.20. The summed E-state index contributed by atoms with van der Waals surface area (Å²) in [4.78, 5) is 9.16. The molecule has 1 saturated heterocycles. The van der Waals surface area contributed by atoms with Gasteiger partial charge in [-0.1, -0.05) is 36.4 Å². The van der Waals surface area contributed by atoms with Crippen molar-refractivity contribution >= 4 is 35.6 Å². The average molecular weight is 522 g/mol. The lowest BCUT2D eigenvalue weighted by Crippen LogP contribution is -2.40. The first-order valence-corrected chi connectivity index (χ1v) is 10.4. The molecule has 7 heteroatoms. The second kappa shape index (κ2) is 11.5. The van der Waals surface area contributed by atoms with Crippen molar-refractivity contribution in [2.75, 3.05) is 57.9 Å². The number of hydrogen-bond acceptors (Lipinski definition) is 4. The highest BCUT2D eigenvalue weighted by atomic mass is 127. The highest BCUT2D eigenvalue weighted by molar-refractivity contribution is 14.0. The molecule has 2 aliphatic heterocycles. The maximum absolute atomic E-state index is 6.11. The topological polar surface area (TPSA) is 49.3 Å². The molecule has 0 spiro atoms. The fraction of sp³-hybridized carbons (Fsp3) is 0.435. The molecule has 30 heavy (non-hydrogen) atoms. The minimum atomic E-state index is 0. The van der Waals surface area contributed by atoms with Crippen molar-refractivity contribution in [1.29, 1.82) is 0 Å². The number of morpholine rings is 1. The van der Waals surface area contributed by atoms with Gasteiger partial charge in [-0.25, -0.2) is 0 Å². The minimum absolute atomic E-state index is 0. The lowest BCUT2D eigenvalue weighted by molar-refractivity contribution is 0.0322. The standard InChI is InChI=1S/C23H30N4O2.HI/c1-24-23(27-11-10-19-6-2-4-8-21(19)27)25-18-20-7-3-5-9-22(20)29-17-14-26-12-15-28-16-13-26;/h2-9H,10-18H2,1H3,(H,24,25);1H. The van der Waals surface area contributed by atoms with E-state index in [0.29, 0.717) is 13.2 Å². The summed E-state index contributed by atoms with van der Waals surface area (Å²) in [6.07, 6.45) is 1.05. The van der Waals surface area contributed by atoms with Gasteiger partial charge >= 0.3 is 0 Å². The van der Waals surface area contributed by atoms with Crippen LogP contribution in [-0.4, -0.2) is 63.9 Å². The van der Waals surface area contributed by atoms with Crippen LogP contribution in [0, 0.1) is 0 Å². The molecule has 2 aromatic carbocycles. The molecule has 2 heterocycles. The number of guanidine groups is 1. The van der Waals surface area contributed by atoms with Crippen molar-refractivity contribution in [3.05, 3.63) is 59.7 Å². The molecule has 0 radical (unpaired) electrons. The molecule has 0 aliphatic carbocycles. The van der Waals surface area contributed by atoms with E-state index in [-0.39, 0.29) is 24.0 Å². The minimum Gasteiger partial charge on any atom is -0.492 e. The Hall–Kier alpha value is -1.84. The molecule has 6 nitrogen and oxygen atoms in total. The summed E-state index contributed by atoms with van der Waals surface area (Å²) in [6.45, 7) is 6.86. The Balaban J connectivity index is 0.00000256. The summed E-state index contributed by atoms with van der Waals surface area (Å²) in [6, 6.07) is 16.8. The number of ether oxygens (including phenoxy) is 2. The number of para-hydroxylation sites is 2. The number of nitrogens with one attached hydrogen (secondary N) is 1. The van der Waals surface area contributed by atoms with Crippen molar-refractivity contribution in [3.63, 3.8) is 0 Å². The number of nitrogens with zero attached hydrogens (tertiary/aromatic N) is 3. The van der Waals surface area contributed by atoms with E-state index >= 15 is 0 Å². The van der Waals surface area contributed by atoms with Gasteiger partial charge in [0.1, 0.15) is 12.4 Å². The fourth-order valence-electron chi connectivity index (χ4n) is 3.93. The van der Waals surface area contributed by atoms with Gasteiger partial charge in [-0.2, -0.15) is 0 Å². The van der Waals surface area contributed by atoms with Gasteiger partial charge in [0, 0.05) is 51.0 Å². The van der Waals surface area contributed by atoms with Crippen molar-refractivity contribution in [3.8, 4) is 5.75 Å². The SMILES string of the molecule is CN=C(NCc1ccccc1OCCN1CCOCC1)N1CCc2ccccc21.I. The Morgan fingerprint density at radius 2 is 1.83 bits per heavy atom. The third-order valence-electron chi connectivity index (χ3n) is 5.53. The Morgan fingerprint density at radius 1 is 1.07 bits per heavy atom. The van der Waals surface area contributed by atoms with Gasteiger partial charge in [-0.15, -0.1) is 24.0 Å². The predicted molar refractivity (Wildman–Crippen MR) is 132 cm³/mol. The molecule has 162 valence electrons. The zero-order valence-corrected chi connectivity index (χ0v) is 19.9. The monoisotopic (exact) mass is 522 g/mol. The van der Waals surface area contributed by atoms with E-state index in [1.54, 1.807) is 0 Å². The number of hydrogen-bond donors (Lipinski definition) is 1. The molecular formula is C23H31IN4O2. The first kappa shape index (κ1) is 22.8. The molecule has 0 amide bonds. The third kappa shape index (κ3) is 5.65. The summed E-state index contributed by atoms with van der Waals surface area (Å²) in [5.41, 5.74) is 3.76. The molecule has 0 bridgehead atoms. The Bertz CT molecular complexity index is 839. The number of aliphatic imine (C=N–C) groups is 1. The van der Waals surface area contributed by atoms with Crippen molar-refractivity contribution in [2.24, 2.45) is 4.99 Å². The molecule has 1 fully saturated rings. The quantitative estimate of drug-likeness (QED) is 0.359. The van der Waals surface area contributed by atoms with Gasteiger partial charge in [0.25, 0.3) is 0 Å². The number of benzene rings is 2. The summed E-state index contributed by atoms with van der Waals surface area (Å²) in [5.74, 6) is 1.84. The molecule has 0 saturated carbocycles. The first-order valence-electron chi connectivity index (χ1n) is 10.4. The van der Waals surface area contributed by atoms with Gasteiger partial charge < -0.3 is 19.7 Å². The number of anilines is 1. The smallest absolute Gasteiger partial charge is 0.198 e. The molecule has 0 unspecified atom stereocenters. The van der Waals surface area contributed by atoms with Gasteiger partial charge in [-0.3, -0.25) is 9.89 Å². The van der Waals surface area contributed by atoms with Gasteiger partial charge in [0.2, 0.25) is 0 Å². The molecule has 2 aliphatic rings. The summed E-state index contributed by atoms with van der Waals surface area (Å²) in [5, 5.41) is 3.52. The summed E-state index contributed by atoms with van der Waals surface area (Å²) >= 11 is 0. The van der Waals surface area contributed by atoms with E-state index in [1.165, 1.54) is 11.3 Å². The molecule has 1 N–H and O–H groups in total. The fourth-order valence-corrected chi connectivity index (χ4v) is 3.93. The maximum atomic E-state index is 6.11. The maximum Gasteiger partial charge on any atom is 0.198 e. The van der Waals surface area contributed by atoms with Crippen LogP contribution in [-0.2, 0) is 17.7 Å². The second-order valence-corrected chi connectivity index (χ2v) is 7.34. The zero-order chi connectivity index (χ0) is 19.9. The van der Waals surface area contributed by atoms with Crippen LogP contribution in [0.4, 0.5) is 5.69 Å². The largest absolute Gasteiger partial charge is 0.492 e. The molecule has 0 aromatic heterocycles. The summed E-state index contributed by atoms with van der Waals surface area (Å²) < 4.78 is 11.5. The van der Waals surface area contributed by atoms with E-state index in [9.17, 15) is 0 Å². The van der Waals surface area contributed by atoms with E-state index in [1.807, 2.05) is 19.2 Å². The van der Waals surface area contributed by atoms with Crippen molar-refractivity contribution < 1.29 is 9.47 Å². The van der Waals surface area contributed by atoms with Crippen molar-refractivity contribution in [1.82, 2.24) is 10.2 Å². The summed E-state index contributed by atoms with van der Waals surface area (Å²) in [7, 11) is 1.84. The molecule has 2 aromatic rings.